The summed E-state index contributed by atoms with van der Waals surface area (Å²) in [6.45, 7) is 3.01. The number of carbonyl (C=O) groups is 2. The fourth-order valence-corrected chi connectivity index (χ4v) is 3.28. The largest absolute Gasteiger partial charge is 0.385 e. The first-order chi connectivity index (χ1) is 11.2. The first kappa shape index (κ1) is 17.7. The van der Waals surface area contributed by atoms with Crippen LogP contribution in [0.3, 0.4) is 0 Å². The molecular weight excluding hydrogens is 314 g/mol. The zero-order valence-corrected chi connectivity index (χ0v) is 14.4. The summed E-state index contributed by atoms with van der Waals surface area (Å²) >= 11 is 1.62. The molecule has 0 radical (unpaired) electrons. The van der Waals surface area contributed by atoms with Crippen molar-refractivity contribution in [2.24, 2.45) is 5.92 Å². The van der Waals surface area contributed by atoms with Crippen LogP contribution in [0.15, 0.2) is 17.5 Å². The lowest BCUT2D eigenvalue weighted by atomic mass is 9.97. The summed E-state index contributed by atoms with van der Waals surface area (Å²) in [4.78, 5) is 27.3. The fourth-order valence-electron chi connectivity index (χ4n) is 2.64. The summed E-state index contributed by atoms with van der Waals surface area (Å²) < 4.78 is 4.96. The zero-order valence-electron chi connectivity index (χ0n) is 13.5. The molecule has 0 aliphatic carbocycles. The molecule has 6 nitrogen and oxygen atoms in total. The summed E-state index contributed by atoms with van der Waals surface area (Å²) in [5.74, 6) is -0.0735. The van der Waals surface area contributed by atoms with Gasteiger partial charge in [-0.25, -0.2) is 4.79 Å². The van der Waals surface area contributed by atoms with Crippen LogP contribution in [0.25, 0.3) is 0 Å². The first-order valence-corrected chi connectivity index (χ1v) is 8.90. The highest BCUT2D eigenvalue weighted by atomic mass is 32.1. The Balaban J connectivity index is 1.73. The molecule has 2 heterocycles. The van der Waals surface area contributed by atoms with Crippen LogP contribution in [-0.4, -0.2) is 50.2 Å². The van der Waals surface area contributed by atoms with Crippen molar-refractivity contribution in [2.45, 2.75) is 25.8 Å². The predicted octanol–water partition coefficient (Wildman–Crippen LogP) is 1.82. The SMILES string of the molecule is COCCCNC(=O)C1CCCN(C(=O)NCc2cccs2)C1. The quantitative estimate of drug-likeness (QED) is 0.745. The van der Waals surface area contributed by atoms with E-state index in [0.717, 1.165) is 24.1 Å². The molecule has 0 aromatic carbocycles. The number of nitrogens with one attached hydrogen (secondary N) is 2. The maximum atomic E-state index is 12.2. The lowest BCUT2D eigenvalue weighted by Crippen LogP contribution is -2.48. The van der Waals surface area contributed by atoms with Gasteiger partial charge in [0.2, 0.25) is 5.91 Å². The van der Waals surface area contributed by atoms with Gasteiger partial charge < -0.3 is 20.3 Å². The average molecular weight is 339 g/mol. The van der Waals surface area contributed by atoms with E-state index in [4.69, 9.17) is 4.74 Å². The highest BCUT2D eigenvalue weighted by Gasteiger charge is 2.28. The van der Waals surface area contributed by atoms with Crippen LogP contribution in [0.2, 0.25) is 0 Å². The minimum Gasteiger partial charge on any atom is -0.385 e. The lowest BCUT2D eigenvalue weighted by Gasteiger charge is -2.32. The van der Waals surface area contributed by atoms with E-state index in [-0.39, 0.29) is 17.9 Å². The number of likely N-dealkylation sites (tertiary alicyclic amines) is 1. The Morgan fingerprint density at radius 3 is 3.04 bits per heavy atom. The van der Waals surface area contributed by atoms with Crippen molar-refractivity contribution in [3.63, 3.8) is 0 Å². The number of ether oxygens (including phenoxy) is 1. The Bertz CT molecular complexity index is 493. The standard InChI is InChI=1S/C16H25N3O3S/c1-22-9-4-7-17-15(20)13-5-2-8-19(12-13)16(21)18-11-14-6-3-10-23-14/h3,6,10,13H,2,4-5,7-9,11-12H2,1H3,(H,17,20)(H,18,21). The maximum Gasteiger partial charge on any atom is 0.317 e. The van der Waals surface area contributed by atoms with E-state index < -0.39 is 0 Å². The van der Waals surface area contributed by atoms with Gasteiger partial charge in [0.1, 0.15) is 0 Å². The number of amides is 3. The van der Waals surface area contributed by atoms with Crippen molar-refractivity contribution >= 4 is 23.3 Å². The van der Waals surface area contributed by atoms with Crippen LogP contribution in [0.1, 0.15) is 24.1 Å². The Kier molecular flexibility index (Phi) is 7.35. The predicted molar refractivity (Wildman–Crippen MR) is 90.4 cm³/mol. The van der Waals surface area contributed by atoms with Crippen LogP contribution in [0.5, 0.6) is 0 Å². The van der Waals surface area contributed by atoms with E-state index in [1.165, 1.54) is 0 Å². The molecule has 1 aromatic heterocycles. The number of urea groups is 1. The number of rotatable bonds is 7. The molecule has 128 valence electrons. The maximum absolute atomic E-state index is 12.2. The van der Waals surface area contributed by atoms with Crippen molar-refractivity contribution in [3.8, 4) is 0 Å². The highest BCUT2D eigenvalue weighted by Crippen LogP contribution is 2.17. The van der Waals surface area contributed by atoms with E-state index in [1.807, 2.05) is 17.5 Å². The van der Waals surface area contributed by atoms with Crippen molar-refractivity contribution in [3.05, 3.63) is 22.4 Å². The van der Waals surface area contributed by atoms with E-state index in [1.54, 1.807) is 23.3 Å². The molecule has 1 atom stereocenters. The number of nitrogens with zero attached hydrogens (tertiary/aromatic N) is 1. The minimum atomic E-state index is -0.112. The van der Waals surface area contributed by atoms with Crippen molar-refractivity contribution in [1.29, 1.82) is 0 Å². The highest BCUT2D eigenvalue weighted by molar-refractivity contribution is 7.09. The van der Waals surface area contributed by atoms with Crippen LogP contribution >= 0.6 is 11.3 Å². The van der Waals surface area contributed by atoms with Gasteiger partial charge in [0.25, 0.3) is 0 Å². The number of carbonyl (C=O) groups excluding carboxylic acids is 2. The Morgan fingerprint density at radius 2 is 2.30 bits per heavy atom. The van der Waals surface area contributed by atoms with Gasteiger partial charge in [-0.2, -0.15) is 0 Å². The lowest BCUT2D eigenvalue weighted by molar-refractivity contribution is -0.126. The Morgan fingerprint density at radius 1 is 1.43 bits per heavy atom. The summed E-state index contributed by atoms with van der Waals surface area (Å²) in [6, 6.07) is 3.88. The van der Waals surface area contributed by atoms with E-state index >= 15 is 0 Å². The smallest absolute Gasteiger partial charge is 0.317 e. The third-order valence-corrected chi connectivity index (χ3v) is 4.77. The van der Waals surface area contributed by atoms with Crippen LogP contribution in [0.4, 0.5) is 4.79 Å². The van der Waals surface area contributed by atoms with Crippen molar-refractivity contribution < 1.29 is 14.3 Å². The summed E-state index contributed by atoms with van der Waals surface area (Å²) in [6.07, 6.45) is 2.51. The molecule has 1 fully saturated rings. The normalized spacial score (nSPS) is 17.8. The molecule has 7 heteroatoms. The summed E-state index contributed by atoms with van der Waals surface area (Å²) in [5.41, 5.74) is 0. The Hall–Kier alpha value is -1.60. The molecular formula is C16H25N3O3S. The van der Waals surface area contributed by atoms with E-state index in [0.29, 0.717) is 32.8 Å². The molecule has 3 amide bonds. The van der Waals surface area contributed by atoms with Gasteiger partial charge in [0.15, 0.2) is 0 Å². The number of hydrogen-bond donors (Lipinski definition) is 2. The second kappa shape index (κ2) is 9.52. The molecule has 2 rings (SSSR count). The molecule has 1 saturated heterocycles. The van der Waals surface area contributed by atoms with Crippen molar-refractivity contribution in [1.82, 2.24) is 15.5 Å². The zero-order chi connectivity index (χ0) is 16.5. The van der Waals surface area contributed by atoms with Gasteiger partial charge in [-0.15, -0.1) is 11.3 Å². The second-order valence-electron chi connectivity index (χ2n) is 5.66. The topological polar surface area (TPSA) is 70.7 Å². The molecule has 1 aliphatic rings. The number of thiophene rings is 1. The van der Waals surface area contributed by atoms with Gasteiger partial charge in [-0.3, -0.25) is 4.79 Å². The monoisotopic (exact) mass is 339 g/mol. The number of hydrogen-bond acceptors (Lipinski definition) is 4. The molecule has 1 aromatic rings. The van der Waals surface area contributed by atoms with Crippen molar-refractivity contribution in [2.75, 3.05) is 33.4 Å². The molecule has 2 N–H and O–H groups in total. The van der Waals surface area contributed by atoms with Gasteiger partial charge in [0.05, 0.1) is 12.5 Å². The Labute approximate surface area is 141 Å². The van der Waals surface area contributed by atoms with Gasteiger partial charge >= 0.3 is 6.03 Å². The summed E-state index contributed by atoms with van der Waals surface area (Å²) in [7, 11) is 1.65. The molecule has 0 saturated carbocycles. The first-order valence-electron chi connectivity index (χ1n) is 8.02. The number of methoxy groups -OCH3 is 1. The van der Waals surface area contributed by atoms with Crippen LogP contribution < -0.4 is 10.6 Å². The third-order valence-electron chi connectivity index (χ3n) is 3.90. The molecule has 0 bridgehead atoms. The van der Waals surface area contributed by atoms with Crippen LogP contribution in [0, 0.1) is 5.92 Å². The second-order valence-corrected chi connectivity index (χ2v) is 6.69. The van der Waals surface area contributed by atoms with E-state index in [2.05, 4.69) is 10.6 Å². The van der Waals surface area contributed by atoms with Gasteiger partial charge in [0, 0.05) is 38.2 Å². The average Bonchev–Trinajstić information content (AvgIpc) is 3.10. The van der Waals surface area contributed by atoms with Gasteiger partial charge in [-0.05, 0) is 30.7 Å². The molecule has 1 unspecified atom stereocenters. The third kappa shape index (κ3) is 5.84. The van der Waals surface area contributed by atoms with E-state index in [9.17, 15) is 9.59 Å². The molecule has 1 aliphatic heterocycles. The molecule has 23 heavy (non-hydrogen) atoms. The summed E-state index contributed by atoms with van der Waals surface area (Å²) in [5, 5.41) is 7.84. The van der Waals surface area contributed by atoms with Gasteiger partial charge in [-0.1, -0.05) is 6.07 Å². The fraction of sp³-hybridized carbons (Fsp3) is 0.625. The van der Waals surface area contributed by atoms with Crippen LogP contribution in [-0.2, 0) is 16.1 Å². The number of piperidine rings is 1. The minimum absolute atomic E-state index is 0.0388. The molecule has 0 spiro atoms.